The van der Waals surface area contributed by atoms with Crippen molar-refractivity contribution < 1.29 is 9.50 Å². The van der Waals surface area contributed by atoms with E-state index in [0.717, 1.165) is 31.4 Å². The molecule has 0 aliphatic heterocycles. The molecule has 1 aliphatic carbocycles. The predicted molar refractivity (Wildman–Crippen MR) is 63.1 cm³/mol. The number of benzene rings is 1. The van der Waals surface area contributed by atoms with Crippen molar-refractivity contribution in [2.75, 3.05) is 11.9 Å². The molecule has 1 fully saturated rings. The topological polar surface area (TPSA) is 23.5 Å². The van der Waals surface area contributed by atoms with E-state index in [-0.39, 0.29) is 11.9 Å². The second-order valence-electron chi connectivity index (χ2n) is 4.55. The van der Waals surface area contributed by atoms with Gasteiger partial charge in [0.15, 0.2) is 0 Å². The molecule has 0 amide bonds. The molecule has 0 bridgehead atoms. The van der Waals surface area contributed by atoms with E-state index in [1.165, 1.54) is 6.07 Å². The fraction of sp³-hybridized carbons (Fsp3) is 0.538. The van der Waals surface area contributed by atoms with Gasteiger partial charge in [0.1, 0.15) is 5.82 Å². The highest BCUT2D eigenvalue weighted by atomic mass is 19.1. The lowest BCUT2D eigenvalue weighted by atomic mass is 9.92. The fourth-order valence-electron chi connectivity index (χ4n) is 2.35. The van der Waals surface area contributed by atoms with Crippen molar-refractivity contribution in [1.82, 2.24) is 0 Å². The normalized spacial score (nSPS) is 25.4. The van der Waals surface area contributed by atoms with Crippen LogP contribution in [-0.4, -0.2) is 24.3 Å². The first-order valence-corrected chi connectivity index (χ1v) is 5.83. The van der Waals surface area contributed by atoms with E-state index in [4.69, 9.17) is 0 Å². The lowest BCUT2D eigenvalue weighted by molar-refractivity contribution is 0.122. The molecule has 1 saturated carbocycles. The smallest absolute Gasteiger partial charge is 0.125 e. The van der Waals surface area contributed by atoms with E-state index in [1.807, 2.05) is 13.1 Å². The third-order valence-electron chi connectivity index (χ3n) is 3.43. The second-order valence-corrected chi connectivity index (χ2v) is 4.55. The van der Waals surface area contributed by atoms with Crippen LogP contribution >= 0.6 is 0 Å². The number of hydrogen-bond acceptors (Lipinski definition) is 2. The summed E-state index contributed by atoms with van der Waals surface area (Å²) >= 11 is 0. The summed E-state index contributed by atoms with van der Waals surface area (Å²) in [5.41, 5.74) is 0.918. The van der Waals surface area contributed by atoms with Crippen molar-refractivity contribution in [2.45, 2.75) is 37.8 Å². The molecule has 2 rings (SSSR count). The Balaban J connectivity index is 2.04. The van der Waals surface area contributed by atoms with Gasteiger partial charge in [-0.15, -0.1) is 0 Å². The molecule has 3 heteroatoms. The number of aliphatic hydroxyl groups is 1. The highest BCUT2D eigenvalue weighted by molar-refractivity contribution is 5.46. The highest BCUT2D eigenvalue weighted by Gasteiger charge is 2.22. The molecular formula is C13H18FNO. The standard InChI is InChI=1S/C13H18FNO/c1-15(11-5-7-13(16)8-6-11)12-4-2-3-10(14)9-12/h2-4,9,11,13,16H,5-8H2,1H3. The highest BCUT2D eigenvalue weighted by Crippen LogP contribution is 2.26. The van der Waals surface area contributed by atoms with Crippen molar-refractivity contribution in [1.29, 1.82) is 0 Å². The largest absolute Gasteiger partial charge is 0.393 e. The Hall–Kier alpha value is -1.09. The maximum absolute atomic E-state index is 13.1. The zero-order valence-electron chi connectivity index (χ0n) is 9.56. The zero-order valence-corrected chi connectivity index (χ0v) is 9.56. The molecule has 16 heavy (non-hydrogen) atoms. The van der Waals surface area contributed by atoms with Gasteiger partial charge in [0.25, 0.3) is 0 Å². The van der Waals surface area contributed by atoms with Crippen molar-refractivity contribution in [3.63, 3.8) is 0 Å². The van der Waals surface area contributed by atoms with E-state index < -0.39 is 0 Å². The van der Waals surface area contributed by atoms with Crippen LogP contribution in [0.2, 0.25) is 0 Å². The minimum atomic E-state index is -0.194. The van der Waals surface area contributed by atoms with Crippen LogP contribution in [-0.2, 0) is 0 Å². The SMILES string of the molecule is CN(c1cccc(F)c1)C1CCC(O)CC1. The number of anilines is 1. The molecule has 0 heterocycles. The van der Waals surface area contributed by atoms with E-state index in [0.29, 0.717) is 6.04 Å². The summed E-state index contributed by atoms with van der Waals surface area (Å²) in [4.78, 5) is 2.12. The molecule has 0 radical (unpaired) electrons. The minimum Gasteiger partial charge on any atom is -0.393 e. The first-order chi connectivity index (χ1) is 7.66. The molecule has 0 aromatic heterocycles. The first-order valence-electron chi connectivity index (χ1n) is 5.83. The van der Waals surface area contributed by atoms with Gasteiger partial charge in [-0.05, 0) is 43.9 Å². The molecule has 0 atom stereocenters. The summed E-state index contributed by atoms with van der Waals surface area (Å²) in [5.74, 6) is -0.194. The van der Waals surface area contributed by atoms with E-state index in [2.05, 4.69) is 4.90 Å². The van der Waals surface area contributed by atoms with Crippen LogP contribution < -0.4 is 4.90 Å². The Labute approximate surface area is 95.7 Å². The molecule has 1 aromatic rings. The Kier molecular flexibility index (Phi) is 3.44. The predicted octanol–water partition coefficient (Wildman–Crippen LogP) is 2.57. The average Bonchev–Trinajstić information content (AvgIpc) is 2.29. The van der Waals surface area contributed by atoms with E-state index in [9.17, 15) is 9.50 Å². The van der Waals surface area contributed by atoms with Crippen molar-refractivity contribution >= 4 is 5.69 Å². The van der Waals surface area contributed by atoms with Gasteiger partial charge in [0.05, 0.1) is 6.10 Å². The van der Waals surface area contributed by atoms with Crippen LogP contribution in [0, 0.1) is 5.82 Å². The van der Waals surface area contributed by atoms with Crippen molar-refractivity contribution in [2.24, 2.45) is 0 Å². The van der Waals surface area contributed by atoms with Crippen LogP contribution in [0.25, 0.3) is 0 Å². The third-order valence-corrected chi connectivity index (χ3v) is 3.43. The number of nitrogens with zero attached hydrogens (tertiary/aromatic N) is 1. The number of hydrogen-bond donors (Lipinski definition) is 1. The summed E-state index contributed by atoms with van der Waals surface area (Å²) in [5, 5.41) is 9.44. The van der Waals surface area contributed by atoms with Crippen molar-refractivity contribution in [3.8, 4) is 0 Å². The van der Waals surface area contributed by atoms with Crippen LogP contribution in [0.5, 0.6) is 0 Å². The monoisotopic (exact) mass is 223 g/mol. The number of aliphatic hydroxyl groups excluding tert-OH is 1. The molecule has 1 aromatic carbocycles. The third kappa shape index (κ3) is 2.53. The van der Waals surface area contributed by atoms with Crippen LogP contribution in [0.4, 0.5) is 10.1 Å². The maximum Gasteiger partial charge on any atom is 0.125 e. The summed E-state index contributed by atoms with van der Waals surface area (Å²) < 4.78 is 13.1. The number of halogens is 1. The Morgan fingerprint density at radius 2 is 1.94 bits per heavy atom. The molecule has 0 unspecified atom stereocenters. The van der Waals surface area contributed by atoms with Gasteiger partial charge in [-0.1, -0.05) is 6.07 Å². The van der Waals surface area contributed by atoms with Gasteiger partial charge in [-0.2, -0.15) is 0 Å². The van der Waals surface area contributed by atoms with Gasteiger partial charge in [0, 0.05) is 18.8 Å². The van der Waals surface area contributed by atoms with E-state index in [1.54, 1.807) is 12.1 Å². The van der Waals surface area contributed by atoms with Gasteiger partial charge >= 0.3 is 0 Å². The summed E-state index contributed by atoms with van der Waals surface area (Å²) in [6, 6.07) is 7.10. The van der Waals surface area contributed by atoms with Crippen molar-refractivity contribution in [3.05, 3.63) is 30.1 Å². The maximum atomic E-state index is 13.1. The molecule has 88 valence electrons. The first kappa shape index (κ1) is 11.4. The molecule has 0 saturated heterocycles. The second kappa shape index (κ2) is 4.83. The van der Waals surface area contributed by atoms with Gasteiger partial charge in [-0.3, -0.25) is 0 Å². The van der Waals surface area contributed by atoms with E-state index >= 15 is 0 Å². The fourth-order valence-corrected chi connectivity index (χ4v) is 2.35. The zero-order chi connectivity index (χ0) is 11.5. The summed E-state index contributed by atoms with van der Waals surface area (Å²) in [7, 11) is 2.00. The van der Waals surface area contributed by atoms with Gasteiger partial charge in [-0.25, -0.2) is 4.39 Å². The van der Waals surface area contributed by atoms with Gasteiger partial charge in [0.2, 0.25) is 0 Å². The average molecular weight is 223 g/mol. The Morgan fingerprint density at radius 1 is 1.25 bits per heavy atom. The van der Waals surface area contributed by atoms with Crippen LogP contribution in [0.1, 0.15) is 25.7 Å². The molecule has 2 nitrogen and oxygen atoms in total. The lowest BCUT2D eigenvalue weighted by Crippen LogP contribution is -2.36. The Morgan fingerprint density at radius 3 is 2.56 bits per heavy atom. The van der Waals surface area contributed by atoms with Gasteiger partial charge < -0.3 is 10.0 Å². The molecular weight excluding hydrogens is 205 g/mol. The summed E-state index contributed by atoms with van der Waals surface area (Å²) in [6.45, 7) is 0. The molecule has 1 aliphatic rings. The quantitative estimate of drug-likeness (QED) is 0.833. The summed E-state index contributed by atoms with van der Waals surface area (Å²) in [6.07, 6.45) is 3.52. The lowest BCUT2D eigenvalue weighted by Gasteiger charge is -2.34. The minimum absolute atomic E-state index is 0.142. The van der Waals surface area contributed by atoms with Crippen LogP contribution in [0.15, 0.2) is 24.3 Å². The number of rotatable bonds is 2. The molecule has 0 spiro atoms. The van der Waals surface area contributed by atoms with Crippen LogP contribution in [0.3, 0.4) is 0 Å². The Bertz CT molecular complexity index is 348. The molecule has 1 N–H and O–H groups in total.